The number of anilines is 1. The minimum absolute atomic E-state index is 0.287. The number of benzene rings is 3. The quantitative estimate of drug-likeness (QED) is 0.575. The van der Waals surface area contributed by atoms with E-state index in [1.165, 1.54) is 4.31 Å². The van der Waals surface area contributed by atoms with Gasteiger partial charge in [0.05, 0.1) is 18.0 Å². The predicted octanol–water partition coefficient (Wildman–Crippen LogP) is 4.23. The van der Waals surface area contributed by atoms with E-state index < -0.39 is 10.0 Å². The molecule has 1 amide bonds. The lowest BCUT2D eigenvalue weighted by Crippen LogP contribution is -2.42. The van der Waals surface area contributed by atoms with Gasteiger partial charge in [-0.25, -0.2) is 8.42 Å². The molecule has 0 saturated heterocycles. The molecule has 0 fully saturated rings. The summed E-state index contributed by atoms with van der Waals surface area (Å²) < 4.78 is 26.3. The van der Waals surface area contributed by atoms with E-state index in [0.29, 0.717) is 12.1 Å². The molecule has 162 valence electrons. The van der Waals surface area contributed by atoms with Crippen LogP contribution in [0.3, 0.4) is 0 Å². The molecule has 0 saturated carbocycles. The Hall–Kier alpha value is -3.12. The lowest BCUT2D eigenvalue weighted by molar-refractivity contribution is -0.120. The summed E-state index contributed by atoms with van der Waals surface area (Å²) in [6.07, 6.45) is 1.79. The average Bonchev–Trinajstić information content (AvgIpc) is 2.76. The molecule has 31 heavy (non-hydrogen) atoms. The molecule has 0 radical (unpaired) electrons. The first-order chi connectivity index (χ1) is 14.8. The summed E-state index contributed by atoms with van der Waals surface area (Å²) in [7, 11) is -3.65. The number of aryl methyl sites for hydroxylation is 2. The first kappa shape index (κ1) is 22.6. The fourth-order valence-electron chi connectivity index (χ4n) is 3.67. The zero-order chi connectivity index (χ0) is 22.4. The maximum atomic E-state index is 13.1. The molecule has 0 aliphatic carbocycles. The second-order valence-corrected chi connectivity index (χ2v) is 9.43. The number of para-hydroxylation sites is 1. The molecular weight excluding hydrogens is 408 g/mol. The van der Waals surface area contributed by atoms with Crippen LogP contribution in [0.1, 0.15) is 35.2 Å². The van der Waals surface area contributed by atoms with Crippen LogP contribution in [0.4, 0.5) is 5.69 Å². The second kappa shape index (κ2) is 9.79. The summed E-state index contributed by atoms with van der Waals surface area (Å²) in [4.78, 5) is 13.1. The highest BCUT2D eigenvalue weighted by Gasteiger charge is 2.25. The van der Waals surface area contributed by atoms with Crippen LogP contribution in [0.5, 0.6) is 0 Å². The molecule has 3 aromatic carbocycles. The fraction of sp³-hybridized carbons (Fsp3) is 0.240. The Labute approximate surface area is 184 Å². The van der Waals surface area contributed by atoms with Gasteiger partial charge in [-0.2, -0.15) is 0 Å². The number of nitrogens with zero attached hydrogens (tertiary/aromatic N) is 1. The van der Waals surface area contributed by atoms with Crippen LogP contribution in [-0.4, -0.2) is 27.1 Å². The van der Waals surface area contributed by atoms with Crippen molar-refractivity contribution >= 4 is 21.6 Å². The van der Waals surface area contributed by atoms with E-state index >= 15 is 0 Å². The summed E-state index contributed by atoms with van der Waals surface area (Å²) in [6.45, 7) is 3.67. The highest BCUT2D eigenvalue weighted by atomic mass is 32.2. The topological polar surface area (TPSA) is 66.5 Å². The highest BCUT2D eigenvalue weighted by molar-refractivity contribution is 7.92. The van der Waals surface area contributed by atoms with Gasteiger partial charge in [-0.1, -0.05) is 79.7 Å². The van der Waals surface area contributed by atoms with Crippen molar-refractivity contribution in [3.8, 4) is 0 Å². The first-order valence-corrected chi connectivity index (χ1v) is 12.1. The van der Waals surface area contributed by atoms with Gasteiger partial charge in [0.2, 0.25) is 15.9 Å². The highest BCUT2D eigenvalue weighted by Crippen LogP contribution is 2.26. The van der Waals surface area contributed by atoms with Gasteiger partial charge in [-0.15, -0.1) is 0 Å². The van der Waals surface area contributed by atoms with Crippen molar-refractivity contribution in [1.82, 2.24) is 5.32 Å². The summed E-state index contributed by atoms with van der Waals surface area (Å²) in [6, 6.07) is 24.4. The van der Waals surface area contributed by atoms with Gasteiger partial charge in [-0.3, -0.25) is 9.10 Å². The van der Waals surface area contributed by atoms with Gasteiger partial charge in [-0.05, 0) is 41.7 Å². The molecule has 0 aliphatic heterocycles. The number of amides is 1. The van der Waals surface area contributed by atoms with E-state index in [0.717, 1.165) is 28.5 Å². The van der Waals surface area contributed by atoms with Crippen molar-refractivity contribution in [3.05, 3.63) is 101 Å². The van der Waals surface area contributed by atoms with Gasteiger partial charge < -0.3 is 5.32 Å². The summed E-state index contributed by atoms with van der Waals surface area (Å²) in [5.41, 5.74) is 4.37. The maximum Gasteiger partial charge on any atom is 0.241 e. The van der Waals surface area contributed by atoms with Crippen molar-refractivity contribution in [1.29, 1.82) is 0 Å². The molecule has 0 bridgehead atoms. The van der Waals surface area contributed by atoms with Gasteiger partial charge in [0.15, 0.2) is 0 Å². The molecule has 0 unspecified atom stereocenters. The number of carbonyl (C=O) groups is 1. The van der Waals surface area contributed by atoms with E-state index in [-0.39, 0.29) is 18.5 Å². The number of hydrogen-bond donors (Lipinski definition) is 1. The summed E-state index contributed by atoms with van der Waals surface area (Å²) in [5.74, 6) is -0.367. The van der Waals surface area contributed by atoms with Crippen LogP contribution in [0.2, 0.25) is 0 Å². The molecule has 3 aromatic rings. The van der Waals surface area contributed by atoms with Crippen LogP contribution in [0.25, 0.3) is 0 Å². The average molecular weight is 437 g/mol. The van der Waals surface area contributed by atoms with Crippen molar-refractivity contribution in [2.75, 3.05) is 17.1 Å². The Morgan fingerprint density at radius 2 is 1.55 bits per heavy atom. The lowest BCUT2D eigenvalue weighted by Gasteiger charge is -2.26. The third kappa shape index (κ3) is 5.52. The molecule has 0 aliphatic rings. The van der Waals surface area contributed by atoms with Crippen LogP contribution in [0.15, 0.2) is 78.9 Å². The number of hydrogen-bond acceptors (Lipinski definition) is 3. The minimum atomic E-state index is -3.65. The molecular formula is C25H28N2O3S. The first-order valence-electron chi connectivity index (χ1n) is 10.3. The smallest absolute Gasteiger partial charge is 0.241 e. The van der Waals surface area contributed by atoms with Gasteiger partial charge in [0.25, 0.3) is 0 Å². The monoisotopic (exact) mass is 436 g/mol. The Morgan fingerprint density at radius 3 is 2.19 bits per heavy atom. The molecule has 1 N–H and O–H groups in total. The maximum absolute atomic E-state index is 13.1. The van der Waals surface area contributed by atoms with Crippen molar-refractivity contribution in [2.45, 2.75) is 26.3 Å². The third-order valence-corrected chi connectivity index (χ3v) is 6.39. The SMILES string of the molecule is CCc1ccccc1N(CC(=O)N[C@@H](c1ccccc1)c1ccccc1C)S(C)(=O)=O. The van der Waals surface area contributed by atoms with Crippen LogP contribution in [-0.2, 0) is 21.2 Å². The number of nitrogens with one attached hydrogen (secondary N) is 1. The normalized spacial score (nSPS) is 12.2. The Kier molecular flexibility index (Phi) is 7.13. The Bertz CT molecular complexity index is 1140. The van der Waals surface area contributed by atoms with Crippen molar-refractivity contribution in [2.24, 2.45) is 0 Å². The van der Waals surface area contributed by atoms with E-state index in [1.807, 2.05) is 80.6 Å². The minimum Gasteiger partial charge on any atom is -0.344 e. The molecule has 5 nitrogen and oxygen atoms in total. The van der Waals surface area contributed by atoms with Crippen molar-refractivity contribution in [3.63, 3.8) is 0 Å². The lowest BCUT2D eigenvalue weighted by atomic mass is 9.95. The largest absolute Gasteiger partial charge is 0.344 e. The van der Waals surface area contributed by atoms with E-state index in [2.05, 4.69) is 5.32 Å². The Morgan fingerprint density at radius 1 is 0.935 bits per heavy atom. The summed E-state index contributed by atoms with van der Waals surface area (Å²) in [5, 5.41) is 3.06. The summed E-state index contributed by atoms with van der Waals surface area (Å²) >= 11 is 0. The predicted molar refractivity (Wildman–Crippen MR) is 126 cm³/mol. The third-order valence-electron chi connectivity index (χ3n) is 5.27. The van der Waals surface area contributed by atoms with Gasteiger partial charge in [0, 0.05) is 0 Å². The molecule has 6 heteroatoms. The van der Waals surface area contributed by atoms with Crippen LogP contribution >= 0.6 is 0 Å². The number of sulfonamides is 1. The zero-order valence-corrected chi connectivity index (χ0v) is 18.9. The van der Waals surface area contributed by atoms with Crippen LogP contribution < -0.4 is 9.62 Å². The van der Waals surface area contributed by atoms with Crippen LogP contribution in [0, 0.1) is 6.92 Å². The number of carbonyl (C=O) groups excluding carboxylic acids is 1. The molecule has 3 rings (SSSR count). The van der Waals surface area contributed by atoms with E-state index in [9.17, 15) is 13.2 Å². The van der Waals surface area contributed by atoms with Gasteiger partial charge >= 0.3 is 0 Å². The van der Waals surface area contributed by atoms with E-state index in [1.54, 1.807) is 12.1 Å². The second-order valence-electron chi connectivity index (χ2n) is 7.52. The van der Waals surface area contributed by atoms with Crippen molar-refractivity contribution < 1.29 is 13.2 Å². The molecule has 0 spiro atoms. The Balaban J connectivity index is 1.93. The van der Waals surface area contributed by atoms with Gasteiger partial charge in [0.1, 0.15) is 6.54 Å². The molecule has 0 heterocycles. The molecule has 0 aromatic heterocycles. The fourth-order valence-corrected chi connectivity index (χ4v) is 4.56. The standard InChI is InChI=1S/C25H28N2O3S/c1-4-20-13-9-11-17-23(20)27(31(3,29)30)18-24(28)26-25(21-14-6-5-7-15-21)22-16-10-8-12-19(22)2/h5-17,25H,4,18H2,1-3H3,(H,26,28)/t25-/m0/s1. The number of rotatable bonds is 8. The molecule has 1 atom stereocenters. The van der Waals surface area contributed by atoms with E-state index in [4.69, 9.17) is 0 Å². The zero-order valence-electron chi connectivity index (χ0n) is 18.1.